The van der Waals surface area contributed by atoms with E-state index >= 15 is 0 Å². The molecule has 1 aliphatic carbocycles. The van der Waals surface area contributed by atoms with E-state index < -0.39 is 11.8 Å². The zero-order valence-electron chi connectivity index (χ0n) is 11.9. The van der Waals surface area contributed by atoms with Crippen molar-refractivity contribution in [3.05, 3.63) is 0 Å². The number of ether oxygens (including phenoxy) is 1. The van der Waals surface area contributed by atoms with Crippen molar-refractivity contribution in [1.29, 1.82) is 0 Å². The average molecular weight is 293 g/mol. The Morgan fingerprint density at radius 1 is 1.32 bits per heavy atom. The van der Waals surface area contributed by atoms with Crippen molar-refractivity contribution in [3.63, 3.8) is 0 Å². The Kier molecular flexibility index (Phi) is 6.36. The summed E-state index contributed by atoms with van der Waals surface area (Å²) in [5.41, 5.74) is -0.465. The van der Waals surface area contributed by atoms with Crippen LogP contribution in [-0.4, -0.2) is 41.0 Å². The molecule has 0 aliphatic heterocycles. The fraction of sp³-hybridized carbons (Fsp3) is 0.923. The third-order valence-electron chi connectivity index (χ3n) is 3.02. The zero-order chi connectivity index (χ0) is 14.5. The standard InChI is InChI=1S/C13H25ClN2O3/c1-13(2,3)19-12(18)16-10-6-4-9(5-7-10)15-11(17)8-14/h9-11,15,17H,4-8H2,1-3H3,(H,16,18)/t9-,10-,11?. The smallest absolute Gasteiger partial charge is 0.407 e. The summed E-state index contributed by atoms with van der Waals surface area (Å²) in [6.07, 6.45) is 2.58. The minimum Gasteiger partial charge on any atom is -0.444 e. The van der Waals surface area contributed by atoms with Gasteiger partial charge >= 0.3 is 6.09 Å². The van der Waals surface area contributed by atoms with Crippen LogP contribution in [0.25, 0.3) is 0 Å². The minimum atomic E-state index is -0.651. The lowest BCUT2D eigenvalue weighted by atomic mass is 9.91. The number of halogens is 1. The Labute approximate surface area is 120 Å². The van der Waals surface area contributed by atoms with E-state index in [4.69, 9.17) is 16.3 Å². The van der Waals surface area contributed by atoms with Gasteiger partial charge in [-0.25, -0.2) is 4.79 Å². The summed E-state index contributed by atoms with van der Waals surface area (Å²) in [6.45, 7) is 5.54. The summed E-state index contributed by atoms with van der Waals surface area (Å²) in [5, 5.41) is 15.4. The van der Waals surface area contributed by atoms with Crippen LogP contribution in [0.1, 0.15) is 46.5 Å². The van der Waals surface area contributed by atoms with Gasteiger partial charge in [-0.05, 0) is 46.5 Å². The Hall–Kier alpha value is -0.520. The first-order chi connectivity index (χ1) is 8.80. The number of hydrogen-bond donors (Lipinski definition) is 3. The van der Waals surface area contributed by atoms with Crippen molar-refractivity contribution in [2.24, 2.45) is 0 Å². The van der Waals surface area contributed by atoms with Crippen LogP contribution in [0.5, 0.6) is 0 Å². The number of carbonyl (C=O) groups is 1. The highest BCUT2D eigenvalue weighted by Crippen LogP contribution is 2.19. The lowest BCUT2D eigenvalue weighted by molar-refractivity contribution is 0.0484. The molecule has 6 heteroatoms. The summed E-state index contributed by atoms with van der Waals surface area (Å²) in [7, 11) is 0. The second-order valence-electron chi connectivity index (χ2n) is 6.03. The summed E-state index contributed by atoms with van der Waals surface area (Å²) in [6, 6.07) is 0.423. The van der Waals surface area contributed by atoms with Crippen molar-refractivity contribution in [3.8, 4) is 0 Å². The lowest BCUT2D eigenvalue weighted by Crippen LogP contribution is -2.46. The maximum Gasteiger partial charge on any atom is 0.407 e. The second kappa shape index (κ2) is 7.31. The average Bonchev–Trinajstić information content (AvgIpc) is 2.29. The van der Waals surface area contributed by atoms with Crippen LogP contribution >= 0.6 is 11.6 Å². The monoisotopic (exact) mass is 292 g/mol. The van der Waals surface area contributed by atoms with Crippen molar-refractivity contribution >= 4 is 17.7 Å². The van der Waals surface area contributed by atoms with E-state index in [2.05, 4.69) is 10.6 Å². The van der Waals surface area contributed by atoms with Crippen LogP contribution in [0.3, 0.4) is 0 Å². The minimum absolute atomic E-state index is 0.154. The summed E-state index contributed by atoms with van der Waals surface area (Å²) >= 11 is 5.54. The first-order valence-electron chi connectivity index (χ1n) is 6.80. The molecule has 0 radical (unpaired) electrons. The molecule has 1 amide bonds. The number of aliphatic hydroxyl groups excluding tert-OH is 1. The van der Waals surface area contributed by atoms with E-state index in [0.29, 0.717) is 0 Å². The molecular formula is C13H25ClN2O3. The van der Waals surface area contributed by atoms with Gasteiger partial charge in [-0.3, -0.25) is 5.32 Å². The topological polar surface area (TPSA) is 70.6 Å². The summed E-state index contributed by atoms with van der Waals surface area (Å²) in [5.74, 6) is 0.191. The van der Waals surface area contributed by atoms with E-state index in [1.807, 2.05) is 20.8 Å². The molecule has 19 heavy (non-hydrogen) atoms. The Balaban J connectivity index is 2.25. The predicted molar refractivity (Wildman–Crippen MR) is 75.3 cm³/mol. The van der Waals surface area contributed by atoms with Crippen molar-refractivity contribution in [1.82, 2.24) is 10.6 Å². The van der Waals surface area contributed by atoms with Gasteiger partial charge in [0.2, 0.25) is 0 Å². The van der Waals surface area contributed by atoms with Crippen LogP contribution in [0.2, 0.25) is 0 Å². The van der Waals surface area contributed by atoms with Gasteiger partial charge in [-0.1, -0.05) is 0 Å². The molecule has 112 valence electrons. The van der Waals surface area contributed by atoms with Gasteiger partial charge in [0.15, 0.2) is 0 Å². The number of carbonyl (C=O) groups excluding carboxylic acids is 1. The number of hydrogen-bond acceptors (Lipinski definition) is 4. The van der Waals surface area contributed by atoms with Gasteiger partial charge in [0, 0.05) is 12.1 Å². The van der Waals surface area contributed by atoms with E-state index in [-0.39, 0.29) is 24.1 Å². The highest BCUT2D eigenvalue weighted by molar-refractivity contribution is 6.18. The quantitative estimate of drug-likeness (QED) is 0.547. The molecule has 1 rings (SSSR count). The highest BCUT2D eigenvalue weighted by Gasteiger charge is 2.25. The van der Waals surface area contributed by atoms with Crippen LogP contribution in [0.4, 0.5) is 4.79 Å². The van der Waals surface area contributed by atoms with Crippen molar-refractivity contribution in [2.45, 2.75) is 70.4 Å². The first-order valence-corrected chi connectivity index (χ1v) is 7.33. The Bertz CT molecular complexity index is 286. The van der Waals surface area contributed by atoms with Crippen molar-refractivity contribution < 1.29 is 14.6 Å². The first kappa shape index (κ1) is 16.5. The van der Waals surface area contributed by atoms with E-state index in [1.54, 1.807) is 0 Å². The molecule has 0 spiro atoms. The molecule has 0 aromatic carbocycles. The Morgan fingerprint density at radius 2 is 1.84 bits per heavy atom. The number of alkyl halides is 1. The normalized spacial score (nSPS) is 25.7. The number of rotatable bonds is 4. The molecule has 1 atom stereocenters. The van der Waals surface area contributed by atoms with Crippen LogP contribution in [0, 0.1) is 0 Å². The molecule has 0 aromatic rings. The second-order valence-corrected chi connectivity index (χ2v) is 6.34. The van der Waals surface area contributed by atoms with Gasteiger partial charge in [0.25, 0.3) is 0 Å². The molecule has 1 fully saturated rings. The molecule has 5 nitrogen and oxygen atoms in total. The lowest BCUT2D eigenvalue weighted by Gasteiger charge is -2.31. The maximum absolute atomic E-state index is 11.6. The van der Waals surface area contributed by atoms with E-state index in [9.17, 15) is 9.90 Å². The van der Waals surface area contributed by atoms with Gasteiger partial charge in [-0.2, -0.15) is 0 Å². The number of aliphatic hydroxyl groups is 1. The van der Waals surface area contributed by atoms with E-state index in [0.717, 1.165) is 25.7 Å². The van der Waals surface area contributed by atoms with Gasteiger partial charge in [-0.15, -0.1) is 11.6 Å². The molecule has 1 saturated carbocycles. The third kappa shape index (κ3) is 6.99. The van der Waals surface area contributed by atoms with Crippen LogP contribution < -0.4 is 10.6 Å². The van der Waals surface area contributed by atoms with Gasteiger partial charge < -0.3 is 15.2 Å². The fourth-order valence-corrected chi connectivity index (χ4v) is 2.28. The van der Waals surface area contributed by atoms with Crippen molar-refractivity contribution in [2.75, 3.05) is 5.88 Å². The zero-order valence-corrected chi connectivity index (χ0v) is 12.7. The van der Waals surface area contributed by atoms with Gasteiger partial charge in [0.1, 0.15) is 11.8 Å². The summed E-state index contributed by atoms with van der Waals surface area (Å²) < 4.78 is 5.23. The van der Waals surface area contributed by atoms with Crippen LogP contribution in [-0.2, 0) is 4.74 Å². The number of amides is 1. The third-order valence-corrected chi connectivity index (χ3v) is 3.31. The number of nitrogens with one attached hydrogen (secondary N) is 2. The largest absolute Gasteiger partial charge is 0.444 e. The number of alkyl carbamates (subject to hydrolysis) is 1. The molecule has 3 N–H and O–H groups in total. The highest BCUT2D eigenvalue weighted by atomic mass is 35.5. The molecule has 0 saturated heterocycles. The molecule has 1 unspecified atom stereocenters. The molecule has 0 bridgehead atoms. The molecule has 1 aliphatic rings. The maximum atomic E-state index is 11.6. The van der Waals surface area contributed by atoms with Gasteiger partial charge in [0.05, 0.1) is 5.88 Å². The predicted octanol–water partition coefficient (Wildman–Crippen LogP) is 1.97. The SMILES string of the molecule is CC(C)(C)OC(=O)N[C@H]1CC[C@H](NC(O)CCl)CC1. The molecule has 0 heterocycles. The Morgan fingerprint density at radius 3 is 2.32 bits per heavy atom. The molecule has 0 aromatic heterocycles. The summed E-state index contributed by atoms with van der Waals surface area (Å²) in [4.78, 5) is 11.6. The van der Waals surface area contributed by atoms with Crippen LogP contribution in [0.15, 0.2) is 0 Å². The molecular weight excluding hydrogens is 268 g/mol. The van der Waals surface area contributed by atoms with E-state index in [1.165, 1.54) is 0 Å². The fourth-order valence-electron chi connectivity index (χ4n) is 2.20.